The van der Waals surface area contributed by atoms with Gasteiger partial charge in [-0.3, -0.25) is 0 Å². The molecule has 0 saturated heterocycles. The lowest BCUT2D eigenvalue weighted by atomic mass is 10.0. The molecule has 0 aliphatic carbocycles. The van der Waals surface area contributed by atoms with Crippen LogP contribution < -0.4 is 4.74 Å². The van der Waals surface area contributed by atoms with Crippen LogP contribution >= 0.6 is 11.6 Å². The molecule has 0 heterocycles. The van der Waals surface area contributed by atoms with E-state index in [9.17, 15) is 13.2 Å². The molecule has 0 N–H and O–H groups in total. The predicted octanol–water partition coefficient (Wildman–Crippen LogP) is 5.09. The average molecular weight is 286 g/mol. The molecular formula is C14H9ClF3O. The lowest BCUT2D eigenvalue weighted by molar-refractivity contribution is -0.274. The summed E-state index contributed by atoms with van der Waals surface area (Å²) in [5, 5.41) is 0.187. The minimum absolute atomic E-state index is 0.187. The monoisotopic (exact) mass is 285 g/mol. The molecule has 0 aromatic heterocycles. The third-order valence-corrected chi connectivity index (χ3v) is 2.72. The molecule has 0 saturated carbocycles. The van der Waals surface area contributed by atoms with Gasteiger partial charge < -0.3 is 4.74 Å². The molecule has 0 bridgehead atoms. The van der Waals surface area contributed by atoms with Crippen LogP contribution in [0.5, 0.6) is 5.75 Å². The third kappa shape index (κ3) is 3.64. The van der Waals surface area contributed by atoms with E-state index in [2.05, 4.69) is 11.7 Å². The second kappa shape index (κ2) is 5.13. The number of alkyl halides is 3. The fraction of sp³-hybridized carbons (Fsp3) is 0.0714. The number of halogens is 4. The Kier molecular flexibility index (Phi) is 3.71. The molecule has 5 heteroatoms. The van der Waals surface area contributed by atoms with Crippen molar-refractivity contribution in [2.45, 2.75) is 6.36 Å². The van der Waals surface area contributed by atoms with Crippen LogP contribution in [0, 0.1) is 6.92 Å². The third-order valence-electron chi connectivity index (χ3n) is 2.41. The number of rotatable bonds is 2. The first-order chi connectivity index (χ1) is 8.85. The highest BCUT2D eigenvalue weighted by Crippen LogP contribution is 2.33. The Balaban J connectivity index is 2.34. The second-order valence-corrected chi connectivity index (χ2v) is 4.30. The van der Waals surface area contributed by atoms with Gasteiger partial charge in [-0.15, -0.1) is 13.2 Å². The Hall–Kier alpha value is -1.68. The zero-order valence-electron chi connectivity index (χ0n) is 9.67. The Labute approximate surface area is 113 Å². The van der Waals surface area contributed by atoms with Crippen LogP contribution in [0.15, 0.2) is 42.5 Å². The van der Waals surface area contributed by atoms with Gasteiger partial charge in [-0.1, -0.05) is 35.9 Å². The van der Waals surface area contributed by atoms with Crippen LogP contribution in [0.4, 0.5) is 13.2 Å². The predicted molar refractivity (Wildman–Crippen MR) is 68.0 cm³/mol. The van der Waals surface area contributed by atoms with Crippen molar-refractivity contribution >= 4 is 11.6 Å². The Morgan fingerprint density at radius 3 is 2.37 bits per heavy atom. The number of benzene rings is 2. The van der Waals surface area contributed by atoms with Crippen molar-refractivity contribution in [1.29, 1.82) is 0 Å². The molecule has 0 unspecified atom stereocenters. The Morgan fingerprint density at radius 2 is 1.79 bits per heavy atom. The summed E-state index contributed by atoms with van der Waals surface area (Å²) in [7, 11) is 0. The molecule has 0 spiro atoms. The molecule has 19 heavy (non-hydrogen) atoms. The summed E-state index contributed by atoms with van der Waals surface area (Å²) < 4.78 is 40.0. The Morgan fingerprint density at radius 1 is 1.05 bits per heavy atom. The molecule has 2 rings (SSSR count). The second-order valence-electron chi connectivity index (χ2n) is 3.89. The quantitative estimate of drug-likeness (QED) is 0.747. The fourth-order valence-corrected chi connectivity index (χ4v) is 1.95. The summed E-state index contributed by atoms with van der Waals surface area (Å²) in [6, 6.07) is 11.1. The van der Waals surface area contributed by atoms with Crippen LogP contribution in [0.2, 0.25) is 5.02 Å². The van der Waals surface area contributed by atoms with Gasteiger partial charge in [0.2, 0.25) is 0 Å². The molecule has 1 nitrogen and oxygen atoms in total. The molecule has 0 amide bonds. The van der Waals surface area contributed by atoms with Gasteiger partial charge in [-0.25, -0.2) is 0 Å². The maximum Gasteiger partial charge on any atom is 0.573 e. The number of hydrogen-bond donors (Lipinski definition) is 0. The molecule has 0 aliphatic rings. The van der Waals surface area contributed by atoms with Crippen molar-refractivity contribution in [1.82, 2.24) is 0 Å². The van der Waals surface area contributed by atoms with E-state index in [1.807, 2.05) is 6.07 Å². The summed E-state index contributed by atoms with van der Waals surface area (Å²) in [5.74, 6) is -0.341. The highest BCUT2D eigenvalue weighted by atomic mass is 35.5. The highest BCUT2D eigenvalue weighted by molar-refractivity contribution is 6.33. The van der Waals surface area contributed by atoms with Crippen molar-refractivity contribution in [3.8, 4) is 16.9 Å². The zero-order chi connectivity index (χ0) is 14.0. The maximum atomic E-state index is 12.1. The van der Waals surface area contributed by atoms with Gasteiger partial charge in [0.25, 0.3) is 0 Å². The van der Waals surface area contributed by atoms with Gasteiger partial charge in [0.1, 0.15) is 5.75 Å². The van der Waals surface area contributed by atoms with Gasteiger partial charge >= 0.3 is 6.36 Å². The van der Waals surface area contributed by atoms with Gasteiger partial charge in [0, 0.05) is 5.56 Å². The summed E-state index contributed by atoms with van der Waals surface area (Å²) >= 11 is 5.98. The SMILES string of the molecule is [CH2]c1cccc(-c2ccc(OC(F)(F)F)cc2Cl)c1. The van der Waals surface area contributed by atoms with Crippen LogP contribution in [0.3, 0.4) is 0 Å². The maximum absolute atomic E-state index is 12.1. The smallest absolute Gasteiger partial charge is 0.406 e. The van der Waals surface area contributed by atoms with E-state index < -0.39 is 6.36 Å². The molecule has 2 aromatic carbocycles. The van der Waals surface area contributed by atoms with E-state index in [1.54, 1.807) is 18.2 Å². The number of ether oxygens (including phenoxy) is 1. The first-order valence-corrected chi connectivity index (χ1v) is 5.71. The molecule has 0 aliphatic heterocycles. The Bertz CT molecular complexity index is 593. The van der Waals surface area contributed by atoms with Gasteiger partial charge in [-0.05, 0) is 36.2 Å². The van der Waals surface area contributed by atoms with Crippen LogP contribution in [-0.4, -0.2) is 6.36 Å². The lowest BCUT2D eigenvalue weighted by Gasteiger charge is -2.11. The lowest BCUT2D eigenvalue weighted by Crippen LogP contribution is -2.17. The van der Waals surface area contributed by atoms with E-state index >= 15 is 0 Å². The highest BCUT2D eigenvalue weighted by Gasteiger charge is 2.31. The summed E-state index contributed by atoms with van der Waals surface area (Å²) in [6.07, 6.45) is -4.72. The summed E-state index contributed by atoms with van der Waals surface area (Å²) in [4.78, 5) is 0. The van der Waals surface area contributed by atoms with E-state index in [4.69, 9.17) is 11.6 Å². The minimum Gasteiger partial charge on any atom is -0.406 e. The number of hydrogen-bond acceptors (Lipinski definition) is 1. The van der Waals surface area contributed by atoms with Gasteiger partial charge in [-0.2, -0.15) is 0 Å². The molecular weight excluding hydrogens is 277 g/mol. The van der Waals surface area contributed by atoms with Gasteiger partial charge in [0.15, 0.2) is 0 Å². The largest absolute Gasteiger partial charge is 0.573 e. The molecule has 99 valence electrons. The molecule has 2 aromatic rings. The topological polar surface area (TPSA) is 9.23 Å². The minimum atomic E-state index is -4.72. The normalized spacial score (nSPS) is 11.4. The van der Waals surface area contributed by atoms with Crippen molar-refractivity contribution in [3.63, 3.8) is 0 Å². The van der Waals surface area contributed by atoms with E-state index in [1.165, 1.54) is 12.1 Å². The molecule has 1 radical (unpaired) electrons. The first-order valence-electron chi connectivity index (χ1n) is 5.33. The van der Waals surface area contributed by atoms with Crippen molar-refractivity contribution < 1.29 is 17.9 Å². The van der Waals surface area contributed by atoms with Crippen molar-refractivity contribution in [2.24, 2.45) is 0 Å². The fourth-order valence-electron chi connectivity index (χ4n) is 1.67. The van der Waals surface area contributed by atoms with Crippen LogP contribution in [0.1, 0.15) is 5.56 Å². The van der Waals surface area contributed by atoms with Crippen LogP contribution in [0.25, 0.3) is 11.1 Å². The van der Waals surface area contributed by atoms with Crippen LogP contribution in [-0.2, 0) is 0 Å². The molecule has 0 fully saturated rings. The van der Waals surface area contributed by atoms with E-state index in [-0.39, 0.29) is 10.8 Å². The van der Waals surface area contributed by atoms with Crippen molar-refractivity contribution in [2.75, 3.05) is 0 Å². The zero-order valence-corrected chi connectivity index (χ0v) is 10.4. The molecule has 0 atom stereocenters. The average Bonchev–Trinajstić information content (AvgIpc) is 2.26. The first kappa shape index (κ1) is 13.7. The van der Waals surface area contributed by atoms with Gasteiger partial charge in [0.05, 0.1) is 5.02 Å². The van der Waals surface area contributed by atoms with E-state index in [0.29, 0.717) is 5.56 Å². The van der Waals surface area contributed by atoms with E-state index in [0.717, 1.165) is 17.2 Å². The summed E-state index contributed by atoms with van der Waals surface area (Å²) in [6.45, 7) is 3.79. The van der Waals surface area contributed by atoms with Crippen molar-refractivity contribution in [3.05, 3.63) is 60.0 Å². The standard InChI is InChI=1S/C14H9ClF3O/c1-9-3-2-4-10(7-9)12-6-5-11(8-13(12)15)19-14(16,17)18/h2-8H,1H2. The summed E-state index contributed by atoms with van der Waals surface area (Å²) in [5.41, 5.74) is 2.21.